The number of nitrogens with one attached hydrogen (secondary N) is 1. The molecule has 1 heterocycles. The fraction of sp³-hybridized carbons (Fsp3) is 0.833. The number of hydrogen-bond donors (Lipinski definition) is 1. The molecular weight excluding hydrogens is 200 g/mol. The molecule has 1 aromatic heterocycles. The Kier molecular flexibility index (Phi) is 3.59. The fourth-order valence-electron chi connectivity index (χ4n) is 2.58. The molecule has 1 aliphatic carbocycles. The van der Waals surface area contributed by atoms with Crippen LogP contribution < -0.4 is 5.32 Å². The lowest BCUT2D eigenvalue weighted by Gasteiger charge is -2.34. The predicted molar refractivity (Wildman–Crippen MR) is 63.8 cm³/mol. The van der Waals surface area contributed by atoms with E-state index in [0.717, 1.165) is 24.1 Å². The molecular formula is C12H22N4. The van der Waals surface area contributed by atoms with E-state index in [4.69, 9.17) is 0 Å². The summed E-state index contributed by atoms with van der Waals surface area (Å²) in [6, 6.07) is 0.644. The average molecular weight is 222 g/mol. The first-order valence-corrected chi connectivity index (χ1v) is 6.25. The molecule has 0 amide bonds. The smallest absolute Gasteiger partial charge is 0.0964 e. The van der Waals surface area contributed by atoms with Crippen LogP contribution in [0, 0.1) is 11.8 Å². The molecule has 1 fully saturated rings. The molecule has 0 aromatic carbocycles. The van der Waals surface area contributed by atoms with Gasteiger partial charge in [-0.3, -0.25) is 4.68 Å². The molecule has 1 saturated carbocycles. The van der Waals surface area contributed by atoms with Gasteiger partial charge in [-0.15, -0.1) is 5.10 Å². The molecule has 4 heteroatoms. The summed E-state index contributed by atoms with van der Waals surface area (Å²) in [4.78, 5) is 0. The third-order valence-electron chi connectivity index (χ3n) is 3.90. The van der Waals surface area contributed by atoms with Crippen LogP contribution >= 0.6 is 0 Å². The quantitative estimate of drug-likeness (QED) is 0.847. The van der Waals surface area contributed by atoms with Crippen molar-refractivity contribution in [3.8, 4) is 0 Å². The monoisotopic (exact) mass is 222 g/mol. The van der Waals surface area contributed by atoms with Crippen LogP contribution in [0.4, 0.5) is 0 Å². The van der Waals surface area contributed by atoms with Gasteiger partial charge in [0.1, 0.15) is 0 Å². The van der Waals surface area contributed by atoms with Gasteiger partial charge in [0, 0.05) is 25.8 Å². The van der Waals surface area contributed by atoms with Gasteiger partial charge in [0.05, 0.1) is 5.69 Å². The number of aromatic nitrogens is 3. The van der Waals surface area contributed by atoms with Gasteiger partial charge in [0.15, 0.2) is 0 Å². The summed E-state index contributed by atoms with van der Waals surface area (Å²) in [5.41, 5.74) is 1.04. The zero-order valence-electron chi connectivity index (χ0n) is 10.5. The highest BCUT2D eigenvalue weighted by molar-refractivity contribution is 4.93. The molecule has 4 nitrogen and oxygen atoms in total. The third kappa shape index (κ3) is 2.61. The van der Waals surface area contributed by atoms with E-state index in [1.165, 1.54) is 19.3 Å². The molecule has 3 unspecified atom stereocenters. The molecule has 1 N–H and O–H groups in total. The lowest BCUT2D eigenvalue weighted by atomic mass is 9.78. The van der Waals surface area contributed by atoms with Crippen LogP contribution in [0.3, 0.4) is 0 Å². The van der Waals surface area contributed by atoms with Crippen LogP contribution in [0.1, 0.15) is 38.8 Å². The predicted octanol–water partition coefficient (Wildman–Crippen LogP) is 1.73. The molecule has 0 radical (unpaired) electrons. The Hall–Kier alpha value is -0.900. The molecule has 1 aliphatic rings. The van der Waals surface area contributed by atoms with Crippen molar-refractivity contribution in [2.75, 3.05) is 0 Å². The summed E-state index contributed by atoms with van der Waals surface area (Å²) >= 11 is 0. The number of aryl methyl sites for hydroxylation is 1. The summed E-state index contributed by atoms with van der Waals surface area (Å²) in [6.45, 7) is 5.56. The van der Waals surface area contributed by atoms with Gasteiger partial charge in [0.25, 0.3) is 0 Å². The zero-order chi connectivity index (χ0) is 11.5. The molecule has 90 valence electrons. The lowest BCUT2D eigenvalue weighted by molar-refractivity contribution is 0.205. The lowest BCUT2D eigenvalue weighted by Crippen LogP contribution is -2.40. The Morgan fingerprint density at radius 2 is 2.25 bits per heavy atom. The molecule has 1 aromatic rings. The maximum absolute atomic E-state index is 4.09. The van der Waals surface area contributed by atoms with Crippen molar-refractivity contribution in [2.24, 2.45) is 18.9 Å². The summed E-state index contributed by atoms with van der Waals surface area (Å²) in [7, 11) is 1.90. The SMILES string of the molecule is CC1CCCC(NCc2cn(C)nn2)C1C. The van der Waals surface area contributed by atoms with E-state index in [-0.39, 0.29) is 0 Å². The van der Waals surface area contributed by atoms with Crippen molar-refractivity contribution >= 4 is 0 Å². The number of hydrogen-bond acceptors (Lipinski definition) is 3. The van der Waals surface area contributed by atoms with E-state index in [0.29, 0.717) is 6.04 Å². The molecule has 0 aliphatic heterocycles. The van der Waals surface area contributed by atoms with E-state index in [2.05, 4.69) is 29.5 Å². The molecule has 2 rings (SSSR count). The van der Waals surface area contributed by atoms with Gasteiger partial charge in [-0.25, -0.2) is 0 Å². The Morgan fingerprint density at radius 3 is 2.94 bits per heavy atom. The highest BCUT2D eigenvalue weighted by atomic mass is 15.4. The number of nitrogens with zero attached hydrogens (tertiary/aromatic N) is 3. The van der Waals surface area contributed by atoms with Crippen LogP contribution in [-0.2, 0) is 13.6 Å². The first kappa shape index (κ1) is 11.6. The first-order chi connectivity index (χ1) is 7.66. The van der Waals surface area contributed by atoms with Crippen molar-refractivity contribution in [1.29, 1.82) is 0 Å². The van der Waals surface area contributed by atoms with Crippen LogP contribution in [0.5, 0.6) is 0 Å². The van der Waals surface area contributed by atoms with E-state index in [1.807, 2.05) is 13.2 Å². The maximum Gasteiger partial charge on any atom is 0.0964 e. The minimum Gasteiger partial charge on any atom is -0.308 e. The highest BCUT2D eigenvalue weighted by Gasteiger charge is 2.26. The van der Waals surface area contributed by atoms with Crippen molar-refractivity contribution in [3.63, 3.8) is 0 Å². The summed E-state index contributed by atoms with van der Waals surface area (Å²) in [5.74, 6) is 1.61. The maximum atomic E-state index is 4.09. The van der Waals surface area contributed by atoms with Gasteiger partial charge in [-0.1, -0.05) is 31.9 Å². The second kappa shape index (κ2) is 4.95. The minimum absolute atomic E-state index is 0.644. The number of rotatable bonds is 3. The van der Waals surface area contributed by atoms with Crippen LogP contribution in [-0.4, -0.2) is 21.0 Å². The van der Waals surface area contributed by atoms with Gasteiger partial charge >= 0.3 is 0 Å². The van der Waals surface area contributed by atoms with Crippen LogP contribution in [0.25, 0.3) is 0 Å². The first-order valence-electron chi connectivity index (χ1n) is 6.25. The van der Waals surface area contributed by atoms with Gasteiger partial charge in [-0.05, 0) is 18.3 Å². The molecule has 3 atom stereocenters. The van der Waals surface area contributed by atoms with Crippen LogP contribution in [0.2, 0.25) is 0 Å². The van der Waals surface area contributed by atoms with E-state index in [1.54, 1.807) is 4.68 Å². The summed E-state index contributed by atoms with van der Waals surface area (Å²) in [5, 5.41) is 11.7. The molecule has 0 spiro atoms. The molecule has 0 bridgehead atoms. The summed E-state index contributed by atoms with van der Waals surface area (Å²) < 4.78 is 1.75. The van der Waals surface area contributed by atoms with E-state index >= 15 is 0 Å². The van der Waals surface area contributed by atoms with Crippen molar-refractivity contribution in [3.05, 3.63) is 11.9 Å². The van der Waals surface area contributed by atoms with Crippen molar-refractivity contribution in [2.45, 2.75) is 45.7 Å². The Balaban J connectivity index is 1.85. The van der Waals surface area contributed by atoms with Crippen molar-refractivity contribution in [1.82, 2.24) is 20.3 Å². The zero-order valence-corrected chi connectivity index (χ0v) is 10.5. The van der Waals surface area contributed by atoms with Crippen LogP contribution in [0.15, 0.2) is 6.20 Å². The highest BCUT2D eigenvalue weighted by Crippen LogP contribution is 2.29. The van der Waals surface area contributed by atoms with Gasteiger partial charge in [-0.2, -0.15) is 0 Å². The fourth-order valence-corrected chi connectivity index (χ4v) is 2.58. The van der Waals surface area contributed by atoms with Gasteiger partial charge < -0.3 is 5.32 Å². The van der Waals surface area contributed by atoms with E-state index < -0.39 is 0 Å². The topological polar surface area (TPSA) is 42.7 Å². The molecule has 0 saturated heterocycles. The normalized spacial score (nSPS) is 30.6. The third-order valence-corrected chi connectivity index (χ3v) is 3.90. The Morgan fingerprint density at radius 1 is 1.44 bits per heavy atom. The second-order valence-corrected chi connectivity index (χ2v) is 5.14. The molecule has 16 heavy (non-hydrogen) atoms. The standard InChI is InChI=1S/C12H22N4/c1-9-5-4-6-12(10(9)2)13-7-11-8-16(3)15-14-11/h8-10,12-13H,4-7H2,1-3H3. The second-order valence-electron chi connectivity index (χ2n) is 5.14. The average Bonchev–Trinajstić information content (AvgIpc) is 2.67. The van der Waals surface area contributed by atoms with E-state index in [9.17, 15) is 0 Å². The largest absolute Gasteiger partial charge is 0.308 e. The van der Waals surface area contributed by atoms with Crippen molar-refractivity contribution < 1.29 is 0 Å². The minimum atomic E-state index is 0.644. The Labute approximate surface area is 97.4 Å². The van der Waals surface area contributed by atoms with Gasteiger partial charge in [0.2, 0.25) is 0 Å². The summed E-state index contributed by atoms with van der Waals surface area (Å²) in [6.07, 6.45) is 6.00. The Bertz CT molecular complexity index is 334.